The molecule has 2 heterocycles. The van der Waals surface area contributed by atoms with Gasteiger partial charge in [-0.1, -0.05) is 18.2 Å². The minimum atomic E-state index is -0.242. The number of fused-ring (bicyclic) bond motifs is 1. The number of hydrogen-bond acceptors (Lipinski definition) is 8. The Morgan fingerprint density at radius 1 is 1.06 bits per heavy atom. The SMILES string of the molecule is COc1ccc(CN2CCN(CC(=O)NCCC3=C4CC=CC=C4ONC3=O)CC2)c(OC)c1OC. The number of nitrogens with zero attached hydrogens (tertiary/aromatic N) is 2. The average Bonchev–Trinajstić information content (AvgIpc) is 2.90. The molecule has 0 saturated carbocycles. The summed E-state index contributed by atoms with van der Waals surface area (Å²) in [6.07, 6.45) is 6.84. The molecule has 0 aromatic heterocycles. The maximum Gasteiger partial charge on any atom is 0.280 e. The van der Waals surface area contributed by atoms with E-state index in [1.165, 1.54) is 0 Å². The quantitative estimate of drug-likeness (QED) is 0.501. The zero-order chi connectivity index (χ0) is 25.5. The minimum Gasteiger partial charge on any atom is -0.493 e. The largest absolute Gasteiger partial charge is 0.493 e. The second-order valence-corrected chi connectivity index (χ2v) is 8.80. The van der Waals surface area contributed by atoms with Gasteiger partial charge in [-0.05, 0) is 25.0 Å². The van der Waals surface area contributed by atoms with E-state index in [1.54, 1.807) is 21.3 Å². The van der Waals surface area contributed by atoms with Crippen LogP contribution in [0.15, 0.2) is 47.3 Å². The smallest absolute Gasteiger partial charge is 0.280 e. The van der Waals surface area contributed by atoms with Crippen LogP contribution in [0.25, 0.3) is 0 Å². The van der Waals surface area contributed by atoms with E-state index < -0.39 is 0 Å². The highest BCUT2D eigenvalue weighted by atomic mass is 16.7. The summed E-state index contributed by atoms with van der Waals surface area (Å²) in [6, 6.07) is 3.89. The van der Waals surface area contributed by atoms with Crippen LogP contribution in [0.2, 0.25) is 0 Å². The van der Waals surface area contributed by atoms with Gasteiger partial charge in [0.2, 0.25) is 11.7 Å². The third kappa shape index (κ3) is 5.83. The first-order chi connectivity index (χ1) is 17.5. The van der Waals surface area contributed by atoms with Crippen LogP contribution in [0.4, 0.5) is 0 Å². The Labute approximate surface area is 211 Å². The maximum atomic E-state index is 12.5. The molecule has 2 aliphatic heterocycles. The van der Waals surface area contributed by atoms with Gasteiger partial charge in [0.15, 0.2) is 17.3 Å². The molecular weight excluding hydrogens is 464 g/mol. The van der Waals surface area contributed by atoms with Crippen molar-refractivity contribution in [3.8, 4) is 17.2 Å². The third-order valence-electron chi connectivity index (χ3n) is 6.60. The second-order valence-electron chi connectivity index (χ2n) is 8.80. The van der Waals surface area contributed by atoms with E-state index in [0.29, 0.717) is 54.5 Å². The number of rotatable bonds is 10. The van der Waals surface area contributed by atoms with Gasteiger partial charge in [0.05, 0.1) is 27.9 Å². The van der Waals surface area contributed by atoms with Crippen molar-refractivity contribution in [2.24, 2.45) is 0 Å². The first-order valence-electron chi connectivity index (χ1n) is 12.1. The standard InChI is InChI=1S/C26H34N4O6/c1-33-22-9-8-18(24(34-2)25(22)35-3)16-29-12-14-30(15-13-29)17-23(31)27-11-10-20-19-6-4-5-7-21(19)36-28-26(20)32/h4-5,7-9H,6,10-17H2,1-3H3,(H,27,31)(H,28,32). The lowest BCUT2D eigenvalue weighted by Crippen LogP contribution is -2.49. The summed E-state index contributed by atoms with van der Waals surface area (Å²) in [6.45, 7) is 4.72. The van der Waals surface area contributed by atoms with Gasteiger partial charge in [0, 0.05) is 56.0 Å². The number of hydroxylamine groups is 1. The van der Waals surface area contributed by atoms with Crippen LogP contribution >= 0.6 is 0 Å². The molecule has 10 nitrogen and oxygen atoms in total. The van der Waals surface area contributed by atoms with E-state index in [0.717, 1.165) is 43.9 Å². The minimum absolute atomic E-state index is 0.0395. The number of ether oxygens (including phenoxy) is 3. The van der Waals surface area contributed by atoms with E-state index in [9.17, 15) is 9.59 Å². The Hall–Kier alpha value is -3.50. The third-order valence-corrected chi connectivity index (χ3v) is 6.60. The number of methoxy groups -OCH3 is 3. The molecule has 1 aromatic carbocycles. The van der Waals surface area contributed by atoms with Crippen molar-refractivity contribution in [1.82, 2.24) is 20.6 Å². The van der Waals surface area contributed by atoms with E-state index in [4.69, 9.17) is 19.0 Å². The number of hydrogen-bond donors (Lipinski definition) is 2. The predicted octanol–water partition coefficient (Wildman–Crippen LogP) is 1.54. The van der Waals surface area contributed by atoms with Gasteiger partial charge in [-0.15, -0.1) is 0 Å². The van der Waals surface area contributed by atoms with Crippen molar-refractivity contribution < 1.29 is 28.6 Å². The van der Waals surface area contributed by atoms with Gasteiger partial charge in [0.1, 0.15) is 0 Å². The lowest BCUT2D eigenvalue weighted by Gasteiger charge is -2.34. The molecule has 0 unspecified atom stereocenters. The number of amides is 2. The van der Waals surface area contributed by atoms with Crippen LogP contribution in [0.3, 0.4) is 0 Å². The molecule has 0 radical (unpaired) electrons. The molecule has 2 N–H and O–H groups in total. The van der Waals surface area contributed by atoms with Crippen LogP contribution in [-0.4, -0.2) is 82.2 Å². The Balaban J connectivity index is 1.23. The number of allylic oxidation sites excluding steroid dienone is 4. The van der Waals surface area contributed by atoms with E-state index in [1.807, 2.05) is 30.4 Å². The van der Waals surface area contributed by atoms with Gasteiger partial charge in [-0.3, -0.25) is 19.4 Å². The van der Waals surface area contributed by atoms with Crippen molar-refractivity contribution in [1.29, 1.82) is 0 Å². The summed E-state index contributed by atoms with van der Waals surface area (Å²) in [7, 11) is 4.84. The summed E-state index contributed by atoms with van der Waals surface area (Å²) >= 11 is 0. The fraction of sp³-hybridized carbons (Fsp3) is 0.462. The molecule has 194 valence electrons. The van der Waals surface area contributed by atoms with Crippen LogP contribution in [-0.2, 0) is 21.0 Å². The van der Waals surface area contributed by atoms with Gasteiger partial charge in [-0.25, -0.2) is 0 Å². The summed E-state index contributed by atoms with van der Waals surface area (Å²) in [4.78, 5) is 34.5. The van der Waals surface area contributed by atoms with Crippen molar-refractivity contribution in [3.05, 3.63) is 52.8 Å². The maximum absolute atomic E-state index is 12.5. The zero-order valence-electron chi connectivity index (χ0n) is 21.1. The molecule has 0 atom stereocenters. The summed E-state index contributed by atoms with van der Waals surface area (Å²) in [5.74, 6) is 2.30. The van der Waals surface area contributed by atoms with Crippen LogP contribution in [0.5, 0.6) is 17.2 Å². The first-order valence-corrected chi connectivity index (χ1v) is 12.1. The molecule has 36 heavy (non-hydrogen) atoms. The number of piperazine rings is 1. The lowest BCUT2D eigenvalue weighted by atomic mass is 9.96. The molecule has 3 aliphatic rings. The molecule has 0 bridgehead atoms. The molecule has 4 rings (SSSR count). The summed E-state index contributed by atoms with van der Waals surface area (Å²) < 4.78 is 16.5. The molecule has 10 heteroatoms. The zero-order valence-corrected chi connectivity index (χ0v) is 21.1. The van der Waals surface area contributed by atoms with Crippen LogP contribution in [0.1, 0.15) is 18.4 Å². The second kappa shape index (κ2) is 12.0. The average molecular weight is 499 g/mol. The highest BCUT2D eigenvalue weighted by Crippen LogP contribution is 2.40. The fourth-order valence-corrected chi connectivity index (χ4v) is 4.69. The Morgan fingerprint density at radius 2 is 1.81 bits per heavy atom. The molecule has 0 spiro atoms. The number of carbonyl (C=O) groups excluding carboxylic acids is 2. The van der Waals surface area contributed by atoms with E-state index in [2.05, 4.69) is 20.6 Å². The van der Waals surface area contributed by atoms with Crippen LogP contribution in [0, 0.1) is 0 Å². The summed E-state index contributed by atoms with van der Waals surface area (Å²) in [5.41, 5.74) is 5.01. The Morgan fingerprint density at radius 3 is 2.53 bits per heavy atom. The van der Waals surface area contributed by atoms with E-state index >= 15 is 0 Å². The molecule has 1 aromatic rings. The topological polar surface area (TPSA) is 102 Å². The Kier molecular flexibility index (Phi) is 8.50. The highest BCUT2D eigenvalue weighted by molar-refractivity contribution is 5.95. The monoisotopic (exact) mass is 498 g/mol. The molecular formula is C26H34N4O6. The number of carbonyl (C=O) groups is 2. The fourth-order valence-electron chi connectivity index (χ4n) is 4.69. The van der Waals surface area contributed by atoms with Crippen molar-refractivity contribution in [2.45, 2.75) is 19.4 Å². The Bertz CT molecular complexity index is 1070. The molecule has 1 aliphatic carbocycles. The first kappa shape index (κ1) is 25.6. The van der Waals surface area contributed by atoms with Crippen LogP contribution < -0.4 is 25.0 Å². The van der Waals surface area contributed by atoms with Crippen molar-refractivity contribution >= 4 is 11.8 Å². The molecule has 2 amide bonds. The normalized spacial score (nSPS) is 18.1. The summed E-state index contributed by atoms with van der Waals surface area (Å²) in [5, 5.41) is 2.95. The number of nitrogens with one attached hydrogen (secondary N) is 2. The molecule has 1 fully saturated rings. The predicted molar refractivity (Wildman–Crippen MR) is 134 cm³/mol. The van der Waals surface area contributed by atoms with Gasteiger partial charge in [-0.2, -0.15) is 5.48 Å². The lowest BCUT2D eigenvalue weighted by molar-refractivity contribution is -0.128. The highest BCUT2D eigenvalue weighted by Gasteiger charge is 2.26. The van der Waals surface area contributed by atoms with E-state index in [-0.39, 0.29) is 11.8 Å². The van der Waals surface area contributed by atoms with Crippen molar-refractivity contribution in [3.63, 3.8) is 0 Å². The van der Waals surface area contributed by atoms with Gasteiger partial charge in [0.25, 0.3) is 5.91 Å². The van der Waals surface area contributed by atoms with Gasteiger partial charge >= 0.3 is 0 Å². The number of benzene rings is 1. The molecule has 1 saturated heterocycles. The van der Waals surface area contributed by atoms with Gasteiger partial charge < -0.3 is 24.4 Å². The van der Waals surface area contributed by atoms with Crippen molar-refractivity contribution in [2.75, 3.05) is 60.6 Å².